The highest BCUT2D eigenvalue weighted by atomic mass is 19.1. The molecule has 1 saturated heterocycles. The van der Waals surface area contributed by atoms with E-state index in [2.05, 4.69) is 4.90 Å². The smallest absolute Gasteiger partial charge is 0.230 e. The van der Waals surface area contributed by atoms with E-state index in [0.717, 1.165) is 51.1 Å². The number of nitrogens with zero attached hydrogens (tertiary/aromatic N) is 2. The van der Waals surface area contributed by atoms with Crippen molar-refractivity contribution in [2.45, 2.75) is 19.3 Å². The number of nitrogens with two attached hydrogens (primary N) is 1. The number of halogens is 1. The van der Waals surface area contributed by atoms with Crippen molar-refractivity contribution in [1.29, 1.82) is 0 Å². The first-order valence-corrected chi connectivity index (χ1v) is 7.65. The molecule has 2 aliphatic rings. The molecule has 0 atom stereocenters. The van der Waals surface area contributed by atoms with Gasteiger partial charge in [0.25, 0.3) is 0 Å². The molecule has 1 aliphatic carbocycles. The predicted octanol–water partition coefficient (Wildman–Crippen LogP) is 1.60. The van der Waals surface area contributed by atoms with Crippen LogP contribution in [0.2, 0.25) is 0 Å². The van der Waals surface area contributed by atoms with Crippen LogP contribution in [0.4, 0.5) is 10.1 Å². The van der Waals surface area contributed by atoms with Crippen LogP contribution in [0.1, 0.15) is 19.3 Å². The minimum Gasteiger partial charge on any atom is -0.368 e. The Morgan fingerprint density at radius 1 is 1.14 bits per heavy atom. The summed E-state index contributed by atoms with van der Waals surface area (Å²) >= 11 is 0. The van der Waals surface area contributed by atoms with E-state index in [-0.39, 0.29) is 17.1 Å². The van der Waals surface area contributed by atoms with Gasteiger partial charge in [-0.3, -0.25) is 4.79 Å². The second-order valence-electron chi connectivity index (χ2n) is 6.09. The van der Waals surface area contributed by atoms with E-state index in [1.807, 2.05) is 4.90 Å². The van der Waals surface area contributed by atoms with Crippen LogP contribution >= 0.6 is 0 Å². The third-order valence-electron chi connectivity index (χ3n) is 4.91. The Labute approximate surface area is 124 Å². The van der Waals surface area contributed by atoms with Crippen LogP contribution < -0.4 is 10.6 Å². The zero-order valence-corrected chi connectivity index (χ0v) is 12.2. The van der Waals surface area contributed by atoms with E-state index < -0.39 is 0 Å². The van der Waals surface area contributed by atoms with Crippen LogP contribution in [0, 0.1) is 11.2 Å². The van der Waals surface area contributed by atoms with Crippen molar-refractivity contribution in [2.24, 2.45) is 11.1 Å². The van der Waals surface area contributed by atoms with Crippen molar-refractivity contribution in [1.82, 2.24) is 4.90 Å². The normalized spacial score (nSPS) is 21.0. The Morgan fingerprint density at radius 2 is 1.76 bits per heavy atom. The molecular formula is C16H22FN3O. The first-order chi connectivity index (χ1) is 10.1. The minimum atomic E-state index is -0.280. The summed E-state index contributed by atoms with van der Waals surface area (Å²) in [6.07, 6.45) is 2.97. The maximum absolute atomic E-state index is 13.0. The van der Waals surface area contributed by atoms with E-state index >= 15 is 0 Å². The van der Waals surface area contributed by atoms with Gasteiger partial charge in [-0.25, -0.2) is 4.39 Å². The quantitative estimate of drug-likeness (QED) is 0.920. The molecule has 1 amide bonds. The molecule has 114 valence electrons. The zero-order chi connectivity index (χ0) is 14.9. The molecule has 1 aliphatic heterocycles. The highest BCUT2D eigenvalue weighted by Crippen LogP contribution is 2.41. The number of hydrogen-bond donors (Lipinski definition) is 1. The number of anilines is 1. The highest BCUT2D eigenvalue weighted by molar-refractivity contribution is 5.84. The molecule has 0 aromatic heterocycles. The molecule has 4 nitrogen and oxygen atoms in total. The van der Waals surface area contributed by atoms with Crippen molar-refractivity contribution in [2.75, 3.05) is 37.6 Å². The number of hydrogen-bond acceptors (Lipinski definition) is 3. The van der Waals surface area contributed by atoms with E-state index in [0.29, 0.717) is 6.54 Å². The van der Waals surface area contributed by atoms with Crippen LogP contribution in [0.25, 0.3) is 0 Å². The van der Waals surface area contributed by atoms with Gasteiger partial charge < -0.3 is 15.5 Å². The van der Waals surface area contributed by atoms with Gasteiger partial charge in [-0.15, -0.1) is 0 Å². The van der Waals surface area contributed by atoms with Crippen LogP contribution in [-0.4, -0.2) is 43.5 Å². The fourth-order valence-electron chi connectivity index (χ4n) is 3.26. The summed E-state index contributed by atoms with van der Waals surface area (Å²) in [6.45, 7) is 3.48. The summed E-state index contributed by atoms with van der Waals surface area (Å²) in [7, 11) is 0. The van der Waals surface area contributed by atoms with E-state index in [1.165, 1.54) is 12.1 Å². The largest absolute Gasteiger partial charge is 0.368 e. The van der Waals surface area contributed by atoms with E-state index in [4.69, 9.17) is 5.73 Å². The summed E-state index contributed by atoms with van der Waals surface area (Å²) < 4.78 is 13.0. The Morgan fingerprint density at radius 3 is 2.24 bits per heavy atom. The summed E-state index contributed by atoms with van der Waals surface area (Å²) in [5.41, 5.74) is 6.55. The summed E-state index contributed by atoms with van der Waals surface area (Å²) in [6, 6.07) is 6.54. The first kappa shape index (κ1) is 14.3. The van der Waals surface area contributed by atoms with Crippen LogP contribution in [0.15, 0.2) is 24.3 Å². The van der Waals surface area contributed by atoms with Gasteiger partial charge in [0.05, 0.1) is 5.41 Å². The molecule has 2 fully saturated rings. The molecule has 0 unspecified atom stereocenters. The fraction of sp³-hybridized carbons (Fsp3) is 0.562. The monoisotopic (exact) mass is 291 g/mol. The number of carbonyl (C=O) groups is 1. The third-order valence-corrected chi connectivity index (χ3v) is 4.91. The standard InChI is InChI=1S/C16H22FN3O/c17-13-2-4-14(5-3-13)19-8-10-20(11-9-19)15(21)16(12-18)6-1-7-16/h2-5H,1,6-12,18H2. The minimum absolute atomic E-state index is 0.220. The average Bonchev–Trinajstić information content (AvgIpc) is 2.48. The molecule has 1 saturated carbocycles. The lowest BCUT2D eigenvalue weighted by Crippen LogP contribution is -2.57. The zero-order valence-electron chi connectivity index (χ0n) is 12.2. The van der Waals surface area contributed by atoms with Gasteiger partial charge in [0.1, 0.15) is 5.82 Å². The Balaban J connectivity index is 1.60. The molecule has 0 radical (unpaired) electrons. The first-order valence-electron chi connectivity index (χ1n) is 7.65. The van der Waals surface area contributed by atoms with Crippen LogP contribution in [0.5, 0.6) is 0 Å². The van der Waals surface area contributed by atoms with Crippen LogP contribution in [0.3, 0.4) is 0 Å². The molecule has 1 heterocycles. The topological polar surface area (TPSA) is 49.6 Å². The number of rotatable bonds is 3. The summed E-state index contributed by atoms with van der Waals surface area (Å²) in [5, 5.41) is 0. The number of amides is 1. The molecule has 3 rings (SSSR count). The SMILES string of the molecule is NCC1(C(=O)N2CCN(c3ccc(F)cc3)CC2)CCC1. The van der Waals surface area contributed by atoms with Crippen molar-refractivity contribution in [3.63, 3.8) is 0 Å². The molecule has 2 N–H and O–H groups in total. The maximum atomic E-state index is 13.0. The van der Waals surface area contributed by atoms with Crippen molar-refractivity contribution in [3.8, 4) is 0 Å². The maximum Gasteiger partial charge on any atom is 0.230 e. The number of benzene rings is 1. The second kappa shape index (κ2) is 5.64. The van der Waals surface area contributed by atoms with Gasteiger partial charge in [0.2, 0.25) is 5.91 Å². The predicted molar refractivity (Wildman–Crippen MR) is 80.5 cm³/mol. The molecule has 5 heteroatoms. The summed E-state index contributed by atoms with van der Waals surface area (Å²) in [5.74, 6) is 0.0115. The Hall–Kier alpha value is -1.62. The van der Waals surface area contributed by atoms with E-state index in [1.54, 1.807) is 12.1 Å². The molecule has 0 bridgehead atoms. The molecular weight excluding hydrogens is 269 g/mol. The van der Waals surface area contributed by atoms with Crippen molar-refractivity contribution >= 4 is 11.6 Å². The highest BCUT2D eigenvalue weighted by Gasteiger charge is 2.45. The number of carbonyl (C=O) groups excluding carboxylic acids is 1. The summed E-state index contributed by atoms with van der Waals surface area (Å²) in [4.78, 5) is 16.7. The van der Waals surface area contributed by atoms with Crippen molar-refractivity contribution < 1.29 is 9.18 Å². The number of piperazine rings is 1. The molecule has 0 spiro atoms. The van der Waals surface area contributed by atoms with Crippen molar-refractivity contribution in [3.05, 3.63) is 30.1 Å². The molecule has 1 aromatic carbocycles. The second-order valence-corrected chi connectivity index (χ2v) is 6.09. The Kier molecular flexibility index (Phi) is 3.85. The van der Waals surface area contributed by atoms with Crippen LogP contribution in [-0.2, 0) is 4.79 Å². The van der Waals surface area contributed by atoms with Gasteiger partial charge in [0, 0.05) is 38.4 Å². The van der Waals surface area contributed by atoms with Gasteiger partial charge >= 0.3 is 0 Å². The molecule has 21 heavy (non-hydrogen) atoms. The average molecular weight is 291 g/mol. The third kappa shape index (κ3) is 2.62. The fourth-order valence-corrected chi connectivity index (χ4v) is 3.26. The van der Waals surface area contributed by atoms with Gasteiger partial charge in [-0.1, -0.05) is 6.42 Å². The molecule has 1 aromatic rings. The lowest BCUT2D eigenvalue weighted by atomic mass is 9.67. The lowest BCUT2D eigenvalue weighted by Gasteiger charge is -2.45. The van der Waals surface area contributed by atoms with E-state index in [9.17, 15) is 9.18 Å². The van der Waals surface area contributed by atoms with Gasteiger partial charge in [0.15, 0.2) is 0 Å². The van der Waals surface area contributed by atoms with Gasteiger partial charge in [-0.2, -0.15) is 0 Å². The lowest BCUT2D eigenvalue weighted by molar-refractivity contribution is -0.147. The van der Waals surface area contributed by atoms with Gasteiger partial charge in [-0.05, 0) is 37.1 Å². The Bertz CT molecular complexity index is 499.